The zero-order valence-corrected chi connectivity index (χ0v) is 11.3. The van der Waals surface area contributed by atoms with Crippen LogP contribution >= 0.6 is 0 Å². The second-order valence-electron chi connectivity index (χ2n) is 6.59. The quantitative estimate of drug-likeness (QED) is 0.807. The van der Waals surface area contributed by atoms with Crippen molar-refractivity contribution in [1.29, 1.82) is 0 Å². The standard InChI is InChI=1S/C15H28N2/c1-16-15(13-6-7-13)11-17-9-8-12-4-2-3-5-14(12)10-17/h12-16H,2-11H2,1H3. The van der Waals surface area contributed by atoms with Crippen molar-refractivity contribution in [3.05, 3.63) is 0 Å². The van der Waals surface area contributed by atoms with E-state index in [1.807, 2.05) is 0 Å². The van der Waals surface area contributed by atoms with Crippen LogP contribution in [-0.2, 0) is 0 Å². The van der Waals surface area contributed by atoms with Crippen molar-refractivity contribution in [1.82, 2.24) is 10.2 Å². The number of fused-ring (bicyclic) bond motifs is 1. The molecule has 0 bridgehead atoms. The first-order valence-corrected chi connectivity index (χ1v) is 7.76. The molecule has 2 saturated carbocycles. The summed E-state index contributed by atoms with van der Waals surface area (Å²) in [6, 6.07) is 0.773. The van der Waals surface area contributed by atoms with Crippen molar-refractivity contribution >= 4 is 0 Å². The van der Waals surface area contributed by atoms with Gasteiger partial charge in [0.1, 0.15) is 0 Å². The lowest BCUT2D eigenvalue weighted by Crippen LogP contribution is -2.47. The number of piperidine rings is 1. The summed E-state index contributed by atoms with van der Waals surface area (Å²) >= 11 is 0. The lowest BCUT2D eigenvalue weighted by atomic mass is 9.75. The number of nitrogens with one attached hydrogen (secondary N) is 1. The average molecular weight is 236 g/mol. The van der Waals surface area contributed by atoms with Crippen LogP contribution in [0.2, 0.25) is 0 Å². The third-order valence-corrected chi connectivity index (χ3v) is 5.39. The van der Waals surface area contributed by atoms with Crippen molar-refractivity contribution in [3.63, 3.8) is 0 Å². The highest BCUT2D eigenvalue weighted by atomic mass is 15.2. The van der Waals surface area contributed by atoms with Gasteiger partial charge in [-0.2, -0.15) is 0 Å². The minimum Gasteiger partial charge on any atom is -0.315 e. The molecule has 1 heterocycles. The SMILES string of the molecule is CNC(CN1CCC2CCCCC2C1)C1CC1. The second-order valence-corrected chi connectivity index (χ2v) is 6.59. The van der Waals surface area contributed by atoms with Gasteiger partial charge in [-0.1, -0.05) is 19.3 Å². The van der Waals surface area contributed by atoms with Crippen molar-refractivity contribution in [2.24, 2.45) is 17.8 Å². The van der Waals surface area contributed by atoms with Crippen LogP contribution < -0.4 is 5.32 Å². The molecule has 3 atom stereocenters. The van der Waals surface area contributed by atoms with Gasteiger partial charge in [0.2, 0.25) is 0 Å². The normalized spacial score (nSPS) is 36.5. The van der Waals surface area contributed by atoms with Gasteiger partial charge >= 0.3 is 0 Å². The van der Waals surface area contributed by atoms with E-state index in [4.69, 9.17) is 0 Å². The van der Waals surface area contributed by atoms with E-state index < -0.39 is 0 Å². The fourth-order valence-electron chi connectivity index (χ4n) is 4.09. The van der Waals surface area contributed by atoms with Gasteiger partial charge in [0.05, 0.1) is 0 Å². The number of hydrogen-bond donors (Lipinski definition) is 1. The third kappa shape index (κ3) is 2.85. The first kappa shape index (κ1) is 12.0. The minimum atomic E-state index is 0.773. The van der Waals surface area contributed by atoms with Crippen LogP contribution in [0.15, 0.2) is 0 Å². The molecule has 2 nitrogen and oxygen atoms in total. The number of hydrogen-bond acceptors (Lipinski definition) is 2. The summed E-state index contributed by atoms with van der Waals surface area (Å²) in [4.78, 5) is 2.76. The zero-order valence-electron chi connectivity index (χ0n) is 11.3. The summed E-state index contributed by atoms with van der Waals surface area (Å²) in [7, 11) is 2.15. The van der Waals surface area contributed by atoms with Crippen molar-refractivity contribution in [2.75, 3.05) is 26.7 Å². The van der Waals surface area contributed by atoms with E-state index in [1.165, 1.54) is 64.6 Å². The zero-order chi connectivity index (χ0) is 11.7. The van der Waals surface area contributed by atoms with Crippen LogP contribution in [0.3, 0.4) is 0 Å². The molecule has 0 aromatic carbocycles. The Balaban J connectivity index is 1.51. The van der Waals surface area contributed by atoms with Gasteiger partial charge in [0.15, 0.2) is 0 Å². The lowest BCUT2D eigenvalue weighted by Gasteiger charge is -2.42. The minimum absolute atomic E-state index is 0.773. The van der Waals surface area contributed by atoms with E-state index in [-0.39, 0.29) is 0 Å². The summed E-state index contributed by atoms with van der Waals surface area (Å²) in [6.45, 7) is 4.08. The lowest BCUT2D eigenvalue weighted by molar-refractivity contribution is 0.0786. The average Bonchev–Trinajstić information content (AvgIpc) is 3.20. The molecule has 0 radical (unpaired) electrons. The molecule has 0 amide bonds. The molecule has 2 aliphatic carbocycles. The maximum atomic E-state index is 3.54. The maximum Gasteiger partial charge on any atom is 0.0220 e. The molecule has 3 aliphatic rings. The first-order chi connectivity index (χ1) is 8.36. The molecule has 1 saturated heterocycles. The van der Waals surface area contributed by atoms with Crippen LogP contribution in [0.5, 0.6) is 0 Å². The van der Waals surface area contributed by atoms with E-state index in [0.717, 1.165) is 23.8 Å². The van der Waals surface area contributed by atoms with E-state index in [2.05, 4.69) is 17.3 Å². The van der Waals surface area contributed by atoms with Crippen molar-refractivity contribution in [3.8, 4) is 0 Å². The van der Waals surface area contributed by atoms with Crippen LogP contribution in [0, 0.1) is 17.8 Å². The van der Waals surface area contributed by atoms with Crippen LogP contribution in [-0.4, -0.2) is 37.6 Å². The third-order valence-electron chi connectivity index (χ3n) is 5.39. The Kier molecular flexibility index (Phi) is 3.72. The van der Waals surface area contributed by atoms with Crippen molar-refractivity contribution in [2.45, 2.75) is 51.0 Å². The van der Waals surface area contributed by atoms with Gasteiger partial charge in [-0.25, -0.2) is 0 Å². The number of likely N-dealkylation sites (tertiary alicyclic amines) is 1. The summed E-state index contributed by atoms with van der Waals surface area (Å²) in [5, 5.41) is 3.54. The number of nitrogens with zero attached hydrogens (tertiary/aromatic N) is 1. The van der Waals surface area contributed by atoms with Gasteiger partial charge in [-0.05, 0) is 57.0 Å². The summed E-state index contributed by atoms with van der Waals surface area (Å²) in [5.41, 5.74) is 0. The molecule has 17 heavy (non-hydrogen) atoms. The first-order valence-electron chi connectivity index (χ1n) is 7.76. The molecule has 3 fully saturated rings. The fourth-order valence-corrected chi connectivity index (χ4v) is 4.09. The molecule has 1 N–H and O–H groups in total. The van der Waals surface area contributed by atoms with Gasteiger partial charge < -0.3 is 10.2 Å². The molecule has 3 rings (SSSR count). The van der Waals surface area contributed by atoms with Crippen molar-refractivity contribution < 1.29 is 0 Å². The van der Waals surface area contributed by atoms with Gasteiger partial charge in [0, 0.05) is 19.1 Å². The molecule has 1 aliphatic heterocycles. The molecule has 0 aromatic heterocycles. The molecule has 3 unspecified atom stereocenters. The molecular formula is C15H28N2. The Bertz CT molecular complexity index is 249. The van der Waals surface area contributed by atoms with Crippen LogP contribution in [0.4, 0.5) is 0 Å². The van der Waals surface area contributed by atoms with Gasteiger partial charge in [-0.3, -0.25) is 0 Å². The smallest absolute Gasteiger partial charge is 0.0220 e. The summed E-state index contributed by atoms with van der Waals surface area (Å²) in [5.74, 6) is 3.10. The van der Waals surface area contributed by atoms with Crippen LogP contribution in [0.1, 0.15) is 44.9 Å². The highest BCUT2D eigenvalue weighted by Crippen LogP contribution is 2.37. The molecule has 0 spiro atoms. The summed E-state index contributed by atoms with van der Waals surface area (Å²) in [6.07, 6.45) is 10.4. The fraction of sp³-hybridized carbons (Fsp3) is 1.00. The monoisotopic (exact) mass is 236 g/mol. The van der Waals surface area contributed by atoms with E-state index in [9.17, 15) is 0 Å². The van der Waals surface area contributed by atoms with Gasteiger partial charge in [0.25, 0.3) is 0 Å². The maximum absolute atomic E-state index is 3.54. The Hall–Kier alpha value is -0.0800. The molecule has 0 aromatic rings. The molecular weight excluding hydrogens is 208 g/mol. The van der Waals surface area contributed by atoms with E-state index in [0.29, 0.717) is 0 Å². The van der Waals surface area contributed by atoms with E-state index >= 15 is 0 Å². The van der Waals surface area contributed by atoms with Crippen LogP contribution in [0.25, 0.3) is 0 Å². The summed E-state index contributed by atoms with van der Waals surface area (Å²) < 4.78 is 0. The van der Waals surface area contributed by atoms with Gasteiger partial charge in [-0.15, -0.1) is 0 Å². The topological polar surface area (TPSA) is 15.3 Å². The number of rotatable bonds is 4. The largest absolute Gasteiger partial charge is 0.315 e. The highest BCUT2D eigenvalue weighted by Gasteiger charge is 2.35. The Morgan fingerprint density at radius 2 is 1.82 bits per heavy atom. The Morgan fingerprint density at radius 1 is 1.06 bits per heavy atom. The molecule has 98 valence electrons. The van der Waals surface area contributed by atoms with E-state index in [1.54, 1.807) is 0 Å². The second kappa shape index (κ2) is 5.27. The Labute approximate surface area is 106 Å². The molecule has 2 heteroatoms. The predicted molar refractivity (Wildman–Crippen MR) is 72.1 cm³/mol. The Morgan fingerprint density at radius 3 is 2.53 bits per heavy atom. The number of likely N-dealkylation sites (N-methyl/N-ethyl adjacent to an activating group) is 1. The predicted octanol–water partition coefficient (Wildman–Crippen LogP) is 2.50. The highest BCUT2D eigenvalue weighted by molar-refractivity contribution is 4.90.